The molecule has 0 aliphatic rings. The molecule has 0 unspecified atom stereocenters. The number of nitro benzene ring substituents is 1. The Labute approximate surface area is 121 Å². The second kappa shape index (κ2) is 5.98. The number of hydrogen-bond donors (Lipinski definition) is 1. The van der Waals surface area contributed by atoms with Gasteiger partial charge >= 0.3 is 5.69 Å². The number of aliphatic hydroxyl groups excluding tert-OH is 1. The molecule has 0 atom stereocenters. The molecule has 2 aromatic carbocycles. The minimum absolute atomic E-state index is 0.0555. The number of hydrogen-bond acceptors (Lipinski definition) is 4. The summed E-state index contributed by atoms with van der Waals surface area (Å²) in [7, 11) is 0. The fraction of sp³-hybridized carbons (Fsp3) is 0.0769. The van der Waals surface area contributed by atoms with Crippen LogP contribution in [0, 0.1) is 15.9 Å². The Morgan fingerprint density at radius 3 is 2.65 bits per heavy atom. The molecular weight excluding hydrogens is 333 g/mol. The summed E-state index contributed by atoms with van der Waals surface area (Å²) in [4.78, 5) is 10.1. The summed E-state index contributed by atoms with van der Waals surface area (Å²) in [6.07, 6.45) is 0. The van der Waals surface area contributed by atoms with Crippen molar-refractivity contribution < 1.29 is 19.2 Å². The topological polar surface area (TPSA) is 72.6 Å². The van der Waals surface area contributed by atoms with E-state index >= 15 is 0 Å². The Bertz CT molecular complexity index is 663. The van der Waals surface area contributed by atoms with Crippen LogP contribution < -0.4 is 4.74 Å². The van der Waals surface area contributed by atoms with Crippen molar-refractivity contribution in [1.82, 2.24) is 0 Å². The molecule has 0 saturated heterocycles. The van der Waals surface area contributed by atoms with E-state index in [1.165, 1.54) is 6.07 Å². The minimum atomic E-state index is -0.713. The molecule has 0 radical (unpaired) electrons. The van der Waals surface area contributed by atoms with Crippen molar-refractivity contribution in [2.24, 2.45) is 0 Å². The maximum absolute atomic E-state index is 13.0. The van der Waals surface area contributed by atoms with Crippen molar-refractivity contribution in [3.05, 3.63) is 62.4 Å². The molecule has 1 N–H and O–H groups in total. The smallest absolute Gasteiger partial charge is 0.314 e. The number of benzene rings is 2. The predicted octanol–water partition coefficient (Wildman–Crippen LogP) is 3.78. The summed E-state index contributed by atoms with van der Waals surface area (Å²) in [6.45, 7) is -0.141. The Morgan fingerprint density at radius 2 is 2.05 bits per heavy atom. The summed E-state index contributed by atoms with van der Waals surface area (Å²) in [5.41, 5.74) is 0.207. The van der Waals surface area contributed by atoms with Gasteiger partial charge in [-0.2, -0.15) is 0 Å². The molecule has 0 saturated carbocycles. The summed E-state index contributed by atoms with van der Waals surface area (Å²) in [5.74, 6) is -0.426. The highest BCUT2D eigenvalue weighted by molar-refractivity contribution is 9.10. The van der Waals surface area contributed by atoms with Crippen molar-refractivity contribution in [2.45, 2.75) is 6.61 Å². The van der Waals surface area contributed by atoms with E-state index in [-0.39, 0.29) is 12.4 Å². The van der Waals surface area contributed by atoms with Gasteiger partial charge in [-0.1, -0.05) is 22.0 Å². The lowest BCUT2D eigenvalue weighted by molar-refractivity contribution is -0.385. The lowest BCUT2D eigenvalue weighted by atomic mass is 10.2. The van der Waals surface area contributed by atoms with Gasteiger partial charge in [-0.15, -0.1) is 0 Å². The molecule has 104 valence electrons. The van der Waals surface area contributed by atoms with E-state index in [4.69, 9.17) is 9.84 Å². The summed E-state index contributed by atoms with van der Waals surface area (Å²) >= 11 is 3.25. The highest BCUT2D eigenvalue weighted by Crippen LogP contribution is 2.33. The Balaban J connectivity index is 2.35. The van der Waals surface area contributed by atoms with Crippen LogP contribution in [-0.4, -0.2) is 10.0 Å². The molecule has 0 fully saturated rings. The first-order chi connectivity index (χ1) is 9.51. The zero-order chi connectivity index (χ0) is 14.7. The molecule has 2 aromatic rings. The van der Waals surface area contributed by atoms with Gasteiger partial charge in [0.25, 0.3) is 0 Å². The summed E-state index contributed by atoms with van der Waals surface area (Å²) in [6, 6.07) is 7.82. The zero-order valence-electron chi connectivity index (χ0n) is 10.0. The van der Waals surface area contributed by atoms with Crippen LogP contribution in [0.15, 0.2) is 40.9 Å². The van der Waals surface area contributed by atoms with Crippen LogP contribution in [-0.2, 0) is 6.61 Å². The SMILES string of the molecule is O=[N+]([O-])c1cc(F)ccc1Oc1ccc(CO)c(Br)c1. The second-order valence-corrected chi connectivity index (χ2v) is 4.74. The molecule has 0 bridgehead atoms. The largest absolute Gasteiger partial charge is 0.450 e. The van der Waals surface area contributed by atoms with E-state index in [2.05, 4.69) is 15.9 Å². The van der Waals surface area contributed by atoms with Gasteiger partial charge in [-0.3, -0.25) is 10.1 Å². The van der Waals surface area contributed by atoms with E-state index in [0.29, 0.717) is 15.8 Å². The highest BCUT2D eigenvalue weighted by Gasteiger charge is 2.17. The molecule has 5 nitrogen and oxygen atoms in total. The Morgan fingerprint density at radius 1 is 1.30 bits per heavy atom. The van der Waals surface area contributed by atoms with E-state index in [9.17, 15) is 14.5 Å². The average Bonchev–Trinajstić information content (AvgIpc) is 2.41. The summed E-state index contributed by atoms with van der Waals surface area (Å²) in [5, 5.41) is 19.9. The van der Waals surface area contributed by atoms with Gasteiger partial charge < -0.3 is 9.84 Å². The number of aliphatic hydroxyl groups is 1. The van der Waals surface area contributed by atoms with Crippen LogP contribution in [0.1, 0.15) is 5.56 Å². The van der Waals surface area contributed by atoms with Gasteiger partial charge in [0.2, 0.25) is 5.75 Å². The second-order valence-electron chi connectivity index (χ2n) is 3.88. The number of halogens is 2. The maximum Gasteiger partial charge on any atom is 0.314 e. The molecule has 0 aromatic heterocycles. The van der Waals surface area contributed by atoms with Gasteiger partial charge in [-0.25, -0.2) is 4.39 Å². The Kier molecular flexibility index (Phi) is 4.31. The standard InChI is InChI=1S/C13H9BrFNO4/c14-11-6-10(3-1-8(11)7-17)20-13-4-2-9(15)5-12(13)16(18)19/h1-6,17H,7H2. The van der Waals surface area contributed by atoms with Crippen LogP contribution in [0.25, 0.3) is 0 Å². The van der Waals surface area contributed by atoms with Gasteiger partial charge in [0, 0.05) is 4.47 Å². The van der Waals surface area contributed by atoms with Crippen molar-refractivity contribution in [2.75, 3.05) is 0 Å². The molecule has 0 aliphatic heterocycles. The fourth-order valence-electron chi connectivity index (χ4n) is 1.57. The third kappa shape index (κ3) is 3.12. The fourth-order valence-corrected chi connectivity index (χ4v) is 2.05. The normalized spacial score (nSPS) is 10.3. The lowest BCUT2D eigenvalue weighted by Gasteiger charge is -2.08. The van der Waals surface area contributed by atoms with Crippen LogP contribution >= 0.6 is 15.9 Å². The molecule has 0 aliphatic carbocycles. The van der Waals surface area contributed by atoms with E-state index in [1.807, 2.05) is 0 Å². The third-order valence-corrected chi connectivity index (χ3v) is 3.28. The van der Waals surface area contributed by atoms with Gasteiger partial charge in [0.05, 0.1) is 17.6 Å². The first-order valence-corrected chi connectivity index (χ1v) is 6.31. The van der Waals surface area contributed by atoms with Gasteiger partial charge in [-0.05, 0) is 29.8 Å². The van der Waals surface area contributed by atoms with Crippen LogP contribution in [0.2, 0.25) is 0 Å². The van der Waals surface area contributed by atoms with Crippen molar-refractivity contribution in [3.8, 4) is 11.5 Å². The number of nitro groups is 1. The van der Waals surface area contributed by atoms with Crippen molar-refractivity contribution in [3.63, 3.8) is 0 Å². The van der Waals surface area contributed by atoms with Crippen molar-refractivity contribution in [1.29, 1.82) is 0 Å². The first-order valence-electron chi connectivity index (χ1n) is 5.52. The number of nitrogens with zero attached hydrogens (tertiary/aromatic N) is 1. The molecule has 0 spiro atoms. The average molecular weight is 342 g/mol. The monoisotopic (exact) mass is 341 g/mol. The molecule has 0 amide bonds. The minimum Gasteiger partial charge on any atom is -0.450 e. The molecule has 2 rings (SSSR count). The van der Waals surface area contributed by atoms with Crippen molar-refractivity contribution >= 4 is 21.6 Å². The van der Waals surface area contributed by atoms with Crippen LogP contribution in [0.3, 0.4) is 0 Å². The third-order valence-electron chi connectivity index (χ3n) is 2.54. The van der Waals surface area contributed by atoms with E-state index in [0.717, 1.165) is 12.1 Å². The Hall–Kier alpha value is -1.99. The first kappa shape index (κ1) is 14.4. The molecule has 20 heavy (non-hydrogen) atoms. The van der Waals surface area contributed by atoms with E-state index < -0.39 is 16.4 Å². The number of rotatable bonds is 4. The number of ether oxygens (including phenoxy) is 1. The van der Waals surface area contributed by atoms with E-state index in [1.54, 1.807) is 18.2 Å². The molecule has 7 heteroatoms. The lowest BCUT2D eigenvalue weighted by Crippen LogP contribution is -1.95. The molecular formula is C13H9BrFNO4. The van der Waals surface area contributed by atoms with Crippen LogP contribution in [0.5, 0.6) is 11.5 Å². The molecule has 0 heterocycles. The quantitative estimate of drug-likeness (QED) is 0.678. The summed E-state index contributed by atoms with van der Waals surface area (Å²) < 4.78 is 19.0. The van der Waals surface area contributed by atoms with Crippen LogP contribution in [0.4, 0.5) is 10.1 Å². The highest BCUT2D eigenvalue weighted by atomic mass is 79.9. The van der Waals surface area contributed by atoms with Gasteiger partial charge in [0.1, 0.15) is 11.6 Å². The predicted molar refractivity (Wildman–Crippen MR) is 73.2 cm³/mol. The zero-order valence-corrected chi connectivity index (χ0v) is 11.6. The van der Waals surface area contributed by atoms with Gasteiger partial charge in [0.15, 0.2) is 0 Å². The maximum atomic E-state index is 13.0.